The first kappa shape index (κ1) is 9.51. The smallest absolute Gasteiger partial charge is 0.00952 e. The molecule has 0 aromatic rings. The Morgan fingerprint density at radius 2 is 1.62 bits per heavy atom. The average Bonchev–Trinajstić information content (AvgIpc) is 2.54. The number of hydrogen-bond acceptors (Lipinski definition) is 1. The average molecular weight is 181 g/mol. The maximum absolute atomic E-state index is 3.87. The Balaban J connectivity index is 1.75. The van der Waals surface area contributed by atoms with E-state index in [0.717, 1.165) is 18.0 Å². The summed E-state index contributed by atoms with van der Waals surface area (Å²) in [4.78, 5) is 0. The van der Waals surface area contributed by atoms with Crippen molar-refractivity contribution in [2.45, 2.75) is 70.4 Å². The van der Waals surface area contributed by atoms with Crippen LogP contribution in [0.3, 0.4) is 0 Å². The van der Waals surface area contributed by atoms with Crippen molar-refractivity contribution in [2.24, 2.45) is 5.92 Å². The molecule has 2 aliphatic rings. The molecule has 2 rings (SSSR count). The van der Waals surface area contributed by atoms with Gasteiger partial charge >= 0.3 is 0 Å². The SMILES string of the molecule is C[C@@H]1CCC[C@H]1NC1CCCCC1. The first-order valence-corrected chi connectivity index (χ1v) is 6.12. The van der Waals surface area contributed by atoms with Crippen molar-refractivity contribution in [3.63, 3.8) is 0 Å². The van der Waals surface area contributed by atoms with Crippen LogP contribution >= 0.6 is 0 Å². The van der Waals surface area contributed by atoms with Crippen LogP contribution in [0.15, 0.2) is 0 Å². The van der Waals surface area contributed by atoms with Crippen molar-refractivity contribution in [1.82, 2.24) is 5.32 Å². The van der Waals surface area contributed by atoms with Gasteiger partial charge in [0.1, 0.15) is 0 Å². The third-order valence-electron chi connectivity index (χ3n) is 3.92. The lowest BCUT2D eigenvalue weighted by atomic mass is 9.94. The molecule has 13 heavy (non-hydrogen) atoms. The molecule has 0 aliphatic heterocycles. The third kappa shape index (κ3) is 2.46. The number of rotatable bonds is 2. The fourth-order valence-corrected chi connectivity index (χ4v) is 2.97. The molecule has 2 atom stereocenters. The van der Waals surface area contributed by atoms with E-state index >= 15 is 0 Å². The van der Waals surface area contributed by atoms with Crippen LogP contribution in [-0.4, -0.2) is 12.1 Å². The summed E-state index contributed by atoms with van der Waals surface area (Å²) in [6.45, 7) is 2.41. The summed E-state index contributed by atoms with van der Waals surface area (Å²) >= 11 is 0. The van der Waals surface area contributed by atoms with Crippen LogP contribution in [0.1, 0.15) is 58.3 Å². The molecule has 2 saturated carbocycles. The second-order valence-corrected chi connectivity index (χ2v) is 5.02. The van der Waals surface area contributed by atoms with Gasteiger partial charge < -0.3 is 5.32 Å². The summed E-state index contributed by atoms with van der Waals surface area (Å²) in [6, 6.07) is 1.71. The molecule has 0 aromatic carbocycles. The predicted molar refractivity (Wildman–Crippen MR) is 56.8 cm³/mol. The van der Waals surface area contributed by atoms with Crippen LogP contribution in [0.5, 0.6) is 0 Å². The van der Waals surface area contributed by atoms with Crippen LogP contribution in [-0.2, 0) is 0 Å². The first-order chi connectivity index (χ1) is 6.36. The Morgan fingerprint density at radius 1 is 0.846 bits per heavy atom. The highest BCUT2D eigenvalue weighted by Gasteiger charge is 2.25. The normalized spacial score (nSPS) is 36.7. The molecular weight excluding hydrogens is 158 g/mol. The van der Waals surface area contributed by atoms with Crippen LogP contribution in [0.4, 0.5) is 0 Å². The summed E-state index contributed by atoms with van der Waals surface area (Å²) in [7, 11) is 0. The van der Waals surface area contributed by atoms with Gasteiger partial charge in [0.2, 0.25) is 0 Å². The maximum atomic E-state index is 3.87. The van der Waals surface area contributed by atoms with Gasteiger partial charge in [0.15, 0.2) is 0 Å². The molecule has 76 valence electrons. The summed E-state index contributed by atoms with van der Waals surface area (Å²) in [5.41, 5.74) is 0. The van der Waals surface area contributed by atoms with Crippen molar-refractivity contribution in [1.29, 1.82) is 0 Å². The minimum absolute atomic E-state index is 0.850. The predicted octanol–water partition coefficient (Wildman–Crippen LogP) is 3.10. The van der Waals surface area contributed by atoms with Gasteiger partial charge in [-0.05, 0) is 31.6 Å². The minimum atomic E-state index is 0.850. The second-order valence-electron chi connectivity index (χ2n) is 5.02. The molecule has 0 saturated heterocycles. The monoisotopic (exact) mass is 181 g/mol. The van der Waals surface area contributed by atoms with E-state index in [-0.39, 0.29) is 0 Å². The Bertz CT molecular complexity index is 149. The maximum Gasteiger partial charge on any atom is 0.00952 e. The van der Waals surface area contributed by atoms with Gasteiger partial charge in [-0.2, -0.15) is 0 Å². The van der Waals surface area contributed by atoms with E-state index in [1.54, 1.807) is 0 Å². The van der Waals surface area contributed by atoms with Gasteiger partial charge in [-0.1, -0.05) is 32.6 Å². The van der Waals surface area contributed by atoms with E-state index in [1.165, 1.54) is 51.4 Å². The Hall–Kier alpha value is -0.0400. The molecule has 0 amide bonds. The van der Waals surface area contributed by atoms with E-state index in [4.69, 9.17) is 0 Å². The largest absolute Gasteiger partial charge is 0.311 e. The third-order valence-corrected chi connectivity index (χ3v) is 3.92. The van der Waals surface area contributed by atoms with Crippen LogP contribution in [0.2, 0.25) is 0 Å². The number of nitrogens with one attached hydrogen (secondary N) is 1. The van der Waals surface area contributed by atoms with E-state index in [0.29, 0.717) is 0 Å². The molecule has 0 heterocycles. The van der Waals surface area contributed by atoms with Crippen LogP contribution in [0.25, 0.3) is 0 Å². The fraction of sp³-hybridized carbons (Fsp3) is 1.00. The highest BCUT2D eigenvalue weighted by Crippen LogP contribution is 2.27. The standard InChI is InChI=1S/C12H23N/c1-10-6-5-9-12(10)13-11-7-3-2-4-8-11/h10-13H,2-9H2,1H3/t10-,12-/m1/s1. The minimum Gasteiger partial charge on any atom is -0.311 e. The first-order valence-electron chi connectivity index (χ1n) is 6.12. The number of hydrogen-bond donors (Lipinski definition) is 1. The zero-order valence-electron chi connectivity index (χ0n) is 8.89. The zero-order chi connectivity index (χ0) is 9.10. The zero-order valence-corrected chi connectivity index (χ0v) is 8.89. The molecule has 2 fully saturated rings. The Morgan fingerprint density at radius 3 is 2.23 bits per heavy atom. The van der Waals surface area contributed by atoms with Gasteiger partial charge in [0.25, 0.3) is 0 Å². The molecule has 0 bridgehead atoms. The second kappa shape index (κ2) is 4.45. The lowest BCUT2D eigenvalue weighted by Crippen LogP contribution is -2.40. The molecule has 0 spiro atoms. The molecule has 0 unspecified atom stereocenters. The molecule has 2 aliphatic carbocycles. The molecule has 1 nitrogen and oxygen atoms in total. The fourth-order valence-electron chi connectivity index (χ4n) is 2.97. The highest BCUT2D eigenvalue weighted by atomic mass is 15.0. The van der Waals surface area contributed by atoms with Gasteiger partial charge in [-0.25, -0.2) is 0 Å². The van der Waals surface area contributed by atoms with E-state index in [9.17, 15) is 0 Å². The van der Waals surface area contributed by atoms with E-state index in [1.807, 2.05) is 0 Å². The van der Waals surface area contributed by atoms with Crippen molar-refractivity contribution in [3.8, 4) is 0 Å². The molecular formula is C12H23N. The highest BCUT2D eigenvalue weighted by molar-refractivity contribution is 4.84. The van der Waals surface area contributed by atoms with Crippen molar-refractivity contribution >= 4 is 0 Å². The summed E-state index contributed by atoms with van der Waals surface area (Å²) in [5, 5.41) is 3.87. The molecule has 0 aromatic heterocycles. The lowest BCUT2D eigenvalue weighted by Gasteiger charge is -2.28. The summed E-state index contributed by atoms with van der Waals surface area (Å²) in [6.07, 6.45) is 11.6. The Kier molecular flexibility index (Phi) is 3.26. The van der Waals surface area contributed by atoms with E-state index in [2.05, 4.69) is 12.2 Å². The molecule has 0 radical (unpaired) electrons. The van der Waals surface area contributed by atoms with Crippen molar-refractivity contribution < 1.29 is 0 Å². The lowest BCUT2D eigenvalue weighted by molar-refractivity contribution is 0.309. The van der Waals surface area contributed by atoms with Crippen molar-refractivity contribution in [2.75, 3.05) is 0 Å². The van der Waals surface area contributed by atoms with Gasteiger partial charge in [0, 0.05) is 12.1 Å². The van der Waals surface area contributed by atoms with Gasteiger partial charge in [-0.3, -0.25) is 0 Å². The van der Waals surface area contributed by atoms with Crippen LogP contribution in [0, 0.1) is 5.92 Å². The van der Waals surface area contributed by atoms with Gasteiger partial charge in [-0.15, -0.1) is 0 Å². The molecule has 1 N–H and O–H groups in total. The topological polar surface area (TPSA) is 12.0 Å². The van der Waals surface area contributed by atoms with Gasteiger partial charge in [0.05, 0.1) is 0 Å². The summed E-state index contributed by atoms with van der Waals surface area (Å²) < 4.78 is 0. The summed E-state index contributed by atoms with van der Waals surface area (Å²) in [5.74, 6) is 0.932. The van der Waals surface area contributed by atoms with E-state index < -0.39 is 0 Å². The Labute approximate surface area is 82.3 Å². The van der Waals surface area contributed by atoms with Crippen molar-refractivity contribution in [3.05, 3.63) is 0 Å². The molecule has 1 heteroatoms. The van der Waals surface area contributed by atoms with Crippen LogP contribution < -0.4 is 5.32 Å². The quantitative estimate of drug-likeness (QED) is 0.690.